The first kappa shape index (κ1) is 22.8. The first-order valence-corrected chi connectivity index (χ1v) is 11.2. The third kappa shape index (κ3) is 5.54. The second-order valence-electron chi connectivity index (χ2n) is 7.63. The van der Waals surface area contributed by atoms with E-state index in [4.69, 9.17) is 0 Å². The van der Waals surface area contributed by atoms with Crippen LogP contribution in [0.25, 0.3) is 0 Å². The van der Waals surface area contributed by atoms with Crippen LogP contribution in [0.15, 0.2) is 65.3 Å². The largest absolute Gasteiger partial charge is 0.355 e. The van der Waals surface area contributed by atoms with E-state index in [9.17, 15) is 18.4 Å². The zero-order chi connectivity index (χ0) is 23.4. The fourth-order valence-electron chi connectivity index (χ4n) is 3.67. The number of nitrogens with one attached hydrogen (secondary N) is 1. The van der Waals surface area contributed by atoms with Gasteiger partial charge in [-0.1, -0.05) is 22.0 Å². The van der Waals surface area contributed by atoms with Gasteiger partial charge in [0.05, 0.1) is 17.4 Å². The van der Waals surface area contributed by atoms with E-state index in [1.54, 1.807) is 12.1 Å². The number of benzene rings is 2. The number of carbonyl (C=O) groups excluding carboxylic acids is 2. The number of nitrogens with zero attached hydrogens (tertiary/aromatic N) is 3. The number of halogens is 3. The number of amides is 2. The minimum absolute atomic E-state index is 0.00260. The van der Waals surface area contributed by atoms with Crippen LogP contribution >= 0.6 is 15.9 Å². The quantitative estimate of drug-likeness (QED) is 0.546. The van der Waals surface area contributed by atoms with Crippen molar-refractivity contribution in [2.45, 2.75) is 6.42 Å². The zero-order valence-corrected chi connectivity index (χ0v) is 19.2. The molecule has 1 aromatic heterocycles. The minimum atomic E-state index is -0.927. The van der Waals surface area contributed by atoms with Crippen LogP contribution in [-0.2, 0) is 0 Å². The molecule has 1 saturated heterocycles. The Hall–Kier alpha value is -3.33. The van der Waals surface area contributed by atoms with Crippen molar-refractivity contribution >= 4 is 39.2 Å². The molecule has 1 fully saturated rings. The molecular weight excluding hydrogens is 494 g/mol. The summed E-state index contributed by atoms with van der Waals surface area (Å²) >= 11 is 3.40. The Labute approximate surface area is 198 Å². The molecule has 6 nitrogen and oxygen atoms in total. The van der Waals surface area contributed by atoms with Gasteiger partial charge in [0.2, 0.25) is 0 Å². The predicted octanol–water partition coefficient (Wildman–Crippen LogP) is 4.73. The van der Waals surface area contributed by atoms with Crippen molar-refractivity contribution < 1.29 is 18.4 Å². The van der Waals surface area contributed by atoms with Gasteiger partial charge in [0, 0.05) is 42.3 Å². The van der Waals surface area contributed by atoms with E-state index in [1.807, 2.05) is 29.2 Å². The molecule has 0 unspecified atom stereocenters. The number of hydrogen-bond acceptors (Lipinski definition) is 4. The summed E-state index contributed by atoms with van der Waals surface area (Å²) in [7, 11) is 0. The number of pyridine rings is 1. The van der Waals surface area contributed by atoms with Crippen LogP contribution in [0, 0.1) is 11.6 Å². The average Bonchev–Trinajstić information content (AvgIpc) is 3.05. The summed E-state index contributed by atoms with van der Waals surface area (Å²) in [5.74, 6) is -1.64. The lowest BCUT2D eigenvalue weighted by Crippen LogP contribution is -2.35. The lowest BCUT2D eigenvalue weighted by atomic mass is 10.2. The van der Waals surface area contributed by atoms with Crippen LogP contribution in [0.5, 0.6) is 0 Å². The summed E-state index contributed by atoms with van der Waals surface area (Å²) in [6.07, 6.45) is 2.29. The van der Waals surface area contributed by atoms with Gasteiger partial charge in [0.15, 0.2) is 0 Å². The third-order valence-electron chi connectivity index (χ3n) is 5.36. The maximum atomic E-state index is 13.8. The Bertz CT molecular complexity index is 1170. The Balaban J connectivity index is 1.38. The predicted molar refractivity (Wildman–Crippen MR) is 125 cm³/mol. The third-order valence-corrected chi connectivity index (χ3v) is 5.85. The van der Waals surface area contributed by atoms with Gasteiger partial charge >= 0.3 is 0 Å². The molecule has 2 heterocycles. The Morgan fingerprint density at radius 3 is 2.55 bits per heavy atom. The molecular formula is C24H21BrF2N4O2. The van der Waals surface area contributed by atoms with E-state index in [-0.39, 0.29) is 11.5 Å². The molecule has 0 saturated carbocycles. The smallest absolute Gasteiger partial charge is 0.258 e. The maximum absolute atomic E-state index is 13.8. The highest BCUT2D eigenvalue weighted by atomic mass is 79.9. The molecule has 0 spiro atoms. The SMILES string of the molecule is O=C(Nc1ccc(N2CCCN(C(=O)c3cccc(Br)c3)CC2)nc1)c1ccc(F)cc1F. The highest BCUT2D eigenvalue weighted by Crippen LogP contribution is 2.19. The molecule has 170 valence electrons. The molecule has 2 amide bonds. The molecule has 2 aromatic carbocycles. The minimum Gasteiger partial charge on any atom is -0.355 e. The maximum Gasteiger partial charge on any atom is 0.258 e. The lowest BCUT2D eigenvalue weighted by Gasteiger charge is -2.23. The molecule has 1 aliphatic heterocycles. The highest BCUT2D eigenvalue weighted by molar-refractivity contribution is 9.10. The van der Waals surface area contributed by atoms with Gasteiger partial charge in [-0.15, -0.1) is 0 Å². The summed E-state index contributed by atoms with van der Waals surface area (Å²) in [5.41, 5.74) is 0.797. The van der Waals surface area contributed by atoms with Crippen molar-refractivity contribution in [2.75, 3.05) is 36.4 Å². The van der Waals surface area contributed by atoms with Gasteiger partial charge in [-0.05, 0) is 48.9 Å². The molecule has 9 heteroatoms. The number of carbonyl (C=O) groups is 2. The van der Waals surface area contributed by atoms with Crippen LogP contribution in [0.4, 0.5) is 20.3 Å². The fraction of sp³-hybridized carbons (Fsp3) is 0.208. The standard InChI is InChI=1S/C24H21BrF2N4O2/c25-17-4-1-3-16(13-17)24(33)31-10-2-9-30(11-12-31)22-8-6-19(15-28-22)29-23(32)20-7-5-18(26)14-21(20)27/h1,3-8,13-15H,2,9-12H2,(H,29,32). The van der Waals surface area contributed by atoms with Crippen LogP contribution < -0.4 is 10.2 Å². The van der Waals surface area contributed by atoms with Crippen molar-refractivity contribution in [1.29, 1.82) is 0 Å². The highest BCUT2D eigenvalue weighted by Gasteiger charge is 2.21. The van der Waals surface area contributed by atoms with Gasteiger partial charge in [-0.3, -0.25) is 9.59 Å². The van der Waals surface area contributed by atoms with E-state index in [0.29, 0.717) is 37.0 Å². The Morgan fingerprint density at radius 1 is 0.970 bits per heavy atom. The second-order valence-corrected chi connectivity index (χ2v) is 8.54. The van der Waals surface area contributed by atoms with Crippen LogP contribution in [0.3, 0.4) is 0 Å². The van der Waals surface area contributed by atoms with Crippen molar-refractivity contribution in [3.8, 4) is 0 Å². The average molecular weight is 515 g/mol. The van der Waals surface area contributed by atoms with E-state index in [2.05, 4.69) is 31.1 Å². The number of aromatic nitrogens is 1. The van der Waals surface area contributed by atoms with Crippen LogP contribution in [0.2, 0.25) is 0 Å². The lowest BCUT2D eigenvalue weighted by molar-refractivity contribution is 0.0766. The summed E-state index contributed by atoms with van der Waals surface area (Å²) in [6.45, 7) is 2.58. The molecule has 1 N–H and O–H groups in total. The van der Waals surface area contributed by atoms with Gasteiger partial charge < -0.3 is 15.1 Å². The molecule has 1 aliphatic rings. The van der Waals surface area contributed by atoms with Crippen molar-refractivity contribution in [1.82, 2.24) is 9.88 Å². The molecule has 0 atom stereocenters. The van der Waals surface area contributed by atoms with E-state index < -0.39 is 17.5 Å². The zero-order valence-electron chi connectivity index (χ0n) is 17.6. The Morgan fingerprint density at radius 2 is 1.82 bits per heavy atom. The van der Waals surface area contributed by atoms with Crippen molar-refractivity contribution in [2.24, 2.45) is 0 Å². The normalized spacial score (nSPS) is 14.0. The monoisotopic (exact) mass is 514 g/mol. The van der Waals surface area contributed by atoms with E-state index >= 15 is 0 Å². The first-order valence-electron chi connectivity index (χ1n) is 10.4. The number of rotatable bonds is 4. The molecule has 4 rings (SSSR count). The first-order chi connectivity index (χ1) is 15.9. The summed E-state index contributed by atoms with van der Waals surface area (Å²) in [6, 6.07) is 13.6. The molecule has 0 aliphatic carbocycles. The molecule has 3 aromatic rings. The van der Waals surface area contributed by atoms with Crippen LogP contribution in [-0.4, -0.2) is 47.9 Å². The number of hydrogen-bond donors (Lipinski definition) is 1. The number of anilines is 2. The van der Waals surface area contributed by atoms with E-state index in [0.717, 1.165) is 35.4 Å². The topological polar surface area (TPSA) is 65.5 Å². The van der Waals surface area contributed by atoms with Gasteiger partial charge in [0.1, 0.15) is 17.5 Å². The van der Waals surface area contributed by atoms with Gasteiger partial charge in [-0.25, -0.2) is 13.8 Å². The molecule has 0 bridgehead atoms. The second kappa shape index (κ2) is 10.1. The summed E-state index contributed by atoms with van der Waals surface area (Å²) in [5, 5.41) is 2.57. The fourth-order valence-corrected chi connectivity index (χ4v) is 4.07. The van der Waals surface area contributed by atoms with E-state index in [1.165, 1.54) is 6.20 Å². The van der Waals surface area contributed by atoms with Crippen molar-refractivity contribution in [3.63, 3.8) is 0 Å². The van der Waals surface area contributed by atoms with Gasteiger partial charge in [0.25, 0.3) is 11.8 Å². The molecule has 0 radical (unpaired) electrons. The van der Waals surface area contributed by atoms with Gasteiger partial charge in [-0.2, -0.15) is 0 Å². The Kier molecular flexibility index (Phi) is 6.98. The summed E-state index contributed by atoms with van der Waals surface area (Å²) in [4.78, 5) is 33.4. The van der Waals surface area contributed by atoms with Crippen LogP contribution in [0.1, 0.15) is 27.1 Å². The summed E-state index contributed by atoms with van der Waals surface area (Å²) < 4.78 is 27.7. The molecule has 33 heavy (non-hydrogen) atoms. The van der Waals surface area contributed by atoms with Crippen molar-refractivity contribution in [3.05, 3.63) is 88.0 Å².